The van der Waals surface area contributed by atoms with Crippen molar-refractivity contribution >= 4 is 11.6 Å². The van der Waals surface area contributed by atoms with Crippen molar-refractivity contribution < 1.29 is 14.8 Å². The Labute approximate surface area is 117 Å². The molecule has 0 spiro atoms. The second-order valence-corrected chi connectivity index (χ2v) is 5.10. The first-order valence-electron chi connectivity index (χ1n) is 6.79. The van der Waals surface area contributed by atoms with E-state index in [2.05, 4.69) is 6.92 Å². The van der Waals surface area contributed by atoms with Crippen molar-refractivity contribution in [3.8, 4) is 5.75 Å². The normalized spacial score (nSPS) is 16.1. The summed E-state index contributed by atoms with van der Waals surface area (Å²) in [6.45, 7) is 3.36. The topological polar surface area (TPSA) is 83.7 Å². The molecule has 1 aliphatic rings. The molecule has 20 heavy (non-hydrogen) atoms. The van der Waals surface area contributed by atoms with Gasteiger partial charge in [-0.1, -0.05) is 13.3 Å². The van der Waals surface area contributed by atoms with Crippen molar-refractivity contribution in [2.75, 3.05) is 13.1 Å². The second kappa shape index (κ2) is 5.90. The maximum atomic E-state index is 12.4. The van der Waals surface area contributed by atoms with Gasteiger partial charge in [0, 0.05) is 19.2 Å². The number of nitro groups is 1. The molecule has 1 aliphatic heterocycles. The Morgan fingerprint density at radius 1 is 1.45 bits per heavy atom. The maximum absolute atomic E-state index is 12.4. The maximum Gasteiger partial charge on any atom is 0.282 e. The van der Waals surface area contributed by atoms with Crippen LogP contribution in [-0.2, 0) is 0 Å². The molecule has 2 rings (SSSR count). The average molecular weight is 278 g/mol. The van der Waals surface area contributed by atoms with Gasteiger partial charge in [0.2, 0.25) is 0 Å². The van der Waals surface area contributed by atoms with Gasteiger partial charge in [0.25, 0.3) is 11.6 Å². The highest BCUT2D eigenvalue weighted by molar-refractivity contribution is 5.98. The van der Waals surface area contributed by atoms with Crippen LogP contribution in [0, 0.1) is 16.0 Å². The third kappa shape index (κ3) is 2.89. The lowest BCUT2D eigenvalue weighted by Crippen LogP contribution is -2.38. The smallest absolute Gasteiger partial charge is 0.282 e. The average Bonchev–Trinajstić information content (AvgIpc) is 2.46. The van der Waals surface area contributed by atoms with Crippen LogP contribution in [-0.4, -0.2) is 33.9 Å². The number of carbonyl (C=O) groups is 1. The van der Waals surface area contributed by atoms with E-state index in [0.717, 1.165) is 19.3 Å². The number of piperidine rings is 1. The molecule has 1 amide bonds. The van der Waals surface area contributed by atoms with Gasteiger partial charge >= 0.3 is 0 Å². The molecule has 0 aromatic heterocycles. The Morgan fingerprint density at radius 3 is 2.65 bits per heavy atom. The molecule has 1 N–H and O–H groups in total. The zero-order valence-electron chi connectivity index (χ0n) is 11.4. The SMILES string of the molecule is CCC1CCN(C(=O)c2cc(O)ccc2[N+](=O)[O-])CC1. The molecule has 1 saturated heterocycles. The molecule has 6 nitrogen and oxygen atoms in total. The summed E-state index contributed by atoms with van der Waals surface area (Å²) >= 11 is 0. The van der Waals surface area contributed by atoms with E-state index in [9.17, 15) is 20.0 Å². The molecule has 108 valence electrons. The number of likely N-dealkylation sites (tertiary alicyclic amines) is 1. The second-order valence-electron chi connectivity index (χ2n) is 5.10. The standard InChI is InChI=1S/C14H18N2O4/c1-2-10-5-7-15(8-6-10)14(18)12-9-11(17)3-4-13(12)16(19)20/h3-4,9-10,17H,2,5-8H2,1H3. The Bertz CT molecular complexity index is 522. The van der Waals surface area contributed by atoms with E-state index >= 15 is 0 Å². The molecule has 0 saturated carbocycles. The number of rotatable bonds is 3. The van der Waals surface area contributed by atoms with E-state index in [1.54, 1.807) is 4.90 Å². The van der Waals surface area contributed by atoms with Crippen molar-refractivity contribution in [3.05, 3.63) is 33.9 Å². The van der Waals surface area contributed by atoms with Crippen LogP contribution >= 0.6 is 0 Å². The Morgan fingerprint density at radius 2 is 2.10 bits per heavy atom. The molecule has 0 radical (unpaired) electrons. The zero-order chi connectivity index (χ0) is 14.7. The van der Waals surface area contributed by atoms with Gasteiger partial charge in [-0.3, -0.25) is 14.9 Å². The Hall–Kier alpha value is -2.11. The lowest BCUT2D eigenvalue weighted by atomic mass is 9.94. The van der Waals surface area contributed by atoms with Crippen molar-refractivity contribution in [2.45, 2.75) is 26.2 Å². The van der Waals surface area contributed by atoms with E-state index in [1.807, 2.05) is 0 Å². The van der Waals surface area contributed by atoms with Gasteiger partial charge in [0.15, 0.2) is 0 Å². The summed E-state index contributed by atoms with van der Waals surface area (Å²) in [6.07, 6.45) is 2.94. The third-order valence-corrected chi connectivity index (χ3v) is 3.89. The Balaban J connectivity index is 2.21. The molecular formula is C14H18N2O4. The van der Waals surface area contributed by atoms with Gasteiger partial charge in [-0.25, -0.2) is 0 Å². The molecule has 1 fully saturated rings. The molecule has 6 heteroatoms. The first-order valence-corrected chi connectivity index (χ1v) is 6.79. The third-order valence-electron chi connectivity index (χ3n) is 3.89. The van der Waals surface area contributed by atoms with Crippen LogP contribution in [0.1, 0.15) is 36.5 Å². The molecule has 0 aliphatic carbocycles. The summed E-state index contributed by atoms with van der Waals surface area (Å²) in [4.78, 5) is 24.4. The van der Waals surface area contributed by atoms with E-state index in [4.69, 9.17) is 0 Å². The summed E-state index contributed by atoms with van der Waals surface area (Å²) < 4.78 is 0. The predicted octanol–water partition coefficient (Wildman–Crippen LogP) is 2.56. The number of nitrogens with zero attached hydrogens (tertiary/aromatic N) is 2. The van der Waals surface area contributed by atoms with Crippen molar-refractivity contribution in [1.82, 2.24) is 4.90 Å². The molecule has 1 heterocycles. The summed E-state index contributed by atoms with van der Waals surface area (Å²) in [5.41, 5.74) is -0.296. The predicted molar refractivity (Wildman–Crippen MR) is 73.7 cm³/mol. The van der Waals surface area contributed by atoms with Crippen molar-refractivity contribution in [1.29, 1.82) is 0 Å². The lowest BCUT2D eigenvalue weighted by molar-refractivity contribution is -0.385. The summed E-state index contributed by atoms with van der Waals surface area (Å²) in [5, 5.41) is 20.4. The molecule has 0 bridgehead atoms. The summed E-state index contributed by atoms with van der Waals surface area (Å²) in [7, 11) is 0. The number of phenols is 1. The fourth-order valence-electron chi connectivity index (χ4n) is 2.57. The molecule has 1 aromatic rings. The summed E-state index contributed by atoms with van der Waals surface area (Å²) in [5.74, 6) is 0.114. The van der Waals surface area contributed by atoms with Crippen LogP contribution < -0.4 is 0 Å². The number of aromatic hydroxyl groups is 1. The number of hydrogen-bond donors (Lipinski definition) is 1. The van der Waals surface area contributed by atoms with Gasteiger partial charge in [0.05, 0.1) is 4.92 Å². The van der Waals surface area contributed by atoms with Crippen molar-refractivity contribution in [3.63, 3.8) is 0 Å². The van der Waals surface area contributed by atoms with Crippen LogP contribution in [0.4, 0.5) is 5.69 Å². The highest BCUT2D eigenvalue weighted by atomic mass is 16.6. The van der Waals surface area contributed by atoms with Crippen LogP contribution in [0.15, 0.2) is 18.2 Å². The molecule has 1 aromatic carbocycles. The molecular weight excluding hydrogens is 260 g/mol. The monoisotopic (exact) mass is 278 g/mol. The van der Waals surface area contributed by atoms with Gasteiger partial charge < -0.3 is 10.0 Å². The van der Waals surface area contributed by atoms with E-state index in [0.29, 0.717) is 19.0 Å². The van der Waals surface area contributed by atoms with Crippen LogP contribution in [0.3, 0.4) is 0 Å². The molecule has 0 unspecified atom stereocenters. The number of nitro benzene ring substituents is 1. The lowest BCUT2D eigenvalue weighted by Gasteiger charge is -2.31. The summed E-state index contributed by atoms with van der Waals surface area (Å²) in [6, 6.07) is 3.56. The van der Waals surface area contributed by atoms with E-state index in [1.165, 1.54) is 18.2 Å². The highest BCUT2D eigenvalue weighted by Gasteiger charge is 2.28. The number of amides is 1. The minimum Gasteiger partial charge on any atom is -0.508 e. The van der Waals surface area contributed by atoms with Crippen molar-refractivity contribution in [2.24, 2.45) is 5.92 Å². The van der Waals surface area contributed by atoms with E-state index in [-0.39, 0.29) is 22.9 Å². The first kappa shape index (κ1) is 14.3. The van der Waals surface area contributed by atoms with Crippen LogP contribution in [0.25, 0.3) is 0 Å². The minimum atomic E-state index is -0.592. The number of benzene rings is 1. The van der Waals surface area contributed by atoms with Crippen LogP contribution in [0.2, 0.25) is 0 Å². The fraction of sp³-hybridized carbons (Fsp3) is 0.500. The van der Waals surface area contributed by atoms with Gasteiger partial charge in [0.1, 0.15) is 11.3 Å². The number of phenolic OH excluding ortho intramolecular Hbond substituents is 1. The largest absolute Gasteiger partial charge is 0.508 e. The number of hydrogen-bond acceptors (Lipinski definition) is 4. The highest BCUT2D eigenvalue weighted by Crippen LogP contribution is 2.27. The quantitative estimate of drug-likeness (QED) is 0.680. The van der Waals surface area contributed by atoms with Crippen LogP contribution in [0.5, 0.6) is 5.75 Å². The Kier molecular flexibility index (Phi) is 4.22. The fourth-order valence-corrected chi connectivity index (χ4v) is 2.57. The molecule has 0 atom stereocenters. The first-order chi connectivity index (χ1) is 9.52. The van der Waals surface area contributed by atoms with Gasteiger partial charge in [-0.15, -0.1) is 0 Å². The van der Waals surface area contributed by atoms with E-state index < -0.39 is 4.92 Å². The van der Waals surface area contributed by atoms with Gasteiger partial charge in [-0.2, -0.15) is 0 Å². The van der Waals surface area contributed by atoms with Gasteiger partial charge in [-0.05, 0) is 30.9 Å². The zero-order valence-corrected chi connectivity index (χ0v) is 11.4. The minimum absolute atomic E-state index is 0.0371. The number of carbonyl (C=O) groups excluding carboxylic acids is 1.